The van der Waals surface area contributed by atoms with Crippen LogP contribution in [0.3, 0.4) is 0 Å². The van der Waals surface area contributed by atoms with E-state index in [1.54, 1.807) is 35.2 Å². The Kier molecular flexibility index (Phi) is 5.73. The number of sulfonamides is 1. The third-order valence-electron chi connectivity index (χ3n) is 5.25. The Bertz CT molecular complexity index is 1080. The van der Waals surface area contributed by atoms with Gasteiger partial charge in [0.2, 0.25) is 5.91 Å². The highest BCUT2D eigenvalue weighted by molar-refractivity contribution is 7.92. The fourth-order valence-electron chi connectivity index (χ4n) is 3.65. The van der Waals surface area contributed by atoms with Crippen LogP contribution in [0.5, 0.6) is 11.5 Å². The number of hydrogen-bond donors (Lipinski definition) is 1. The van der Waals surface area contributed by atoms with Crippen LogP contribution < -0.4 is 19.1 Å². The Labute approximate surface area is 178 Å². The van der Waals surface area contributed by atoms with Crippen LogP contribution >= 0.6 is 0 Å². The number of nitrogens with one attached hydrogen (secondary N) is 1. The van der Waals surface area contributed by atoms with Crippen LogP contribution in [0.25, 0.3) is 0 Å². The van der Waals surface area contributed by atoms with Gasteiger partial charge in [-0.3, -0.25) is 9.52 Å². The van der Waals surface area contributed by atoms with Gasteiger partial charge < -0.3 is 14.4 Å². The van der Waals surface area contributed by atoms with Crippen molar-refractivity contribution in [3.05, 3.63) is 42.0 Å². The molecule has 7 nitrogen and oxygen atoms in total. The van der Waals surface area contributed by atoms with Crippen LogP contribution in [0.15, 0.2) is 41.3 Å². The molecule has 30 heavy (non-hydrogen) atoms. The average Bonchev–Trinajstić information content (AvgIpc) is 2.97. The largest absolute Gasteiger partial charge is 0.493 e. The quantitative estimate of drug-likeness (QED) is 0.751. The number of amides is 1. The molecule has 3 rings (SSSR count). The van der Waals surface area contributed by atoms with Crippen molar-refractivity contribution in [1.29, 1.82) is 0 Å². The van der Waals surface area contributed by atoms with E-state index in [1.165, 1.54) is 20.3 Å². The Balaban J connectivity index is 1.96. The predicted molar refractivity (Wildman–Crippen MR) is 117 cm³/mol. The summed E-state index contributed by atoms with van der Waals surface area (Å²) >= 11 is 0. The number of methoxy groups -OCH3 is 2. The summed E-state index contributed by atoms with van der Waals surface area (Å²) in [5.74, 6) is 0.827. The fourth-order valence-corrected chi connectivity index (χ4v) is 4.72. The minimum absolute atomic E-state index is 0.0286. The summed E-state index contributed by atoms with van der Waals surface area (Å²) in [7, 11) is -0.829. The van der Waals surface area contributed by atoms with E-state index >= 15 is 0 Å². The topological polar surface area (TPSA) is 84.9 Å². The first-order chi connectivity index (χ1) is 14.0. The van der Waals surface area contributed by atoms with E-state index in [0.717, 1.165) is 11.3 Å². The number of carbonyl (C=O) groups excluding carboxylic acids is 1. The number of carbonyl (C=O) groups is 1. The first kappa shape index (κ1) is 22.0. The van der Waals surface area contributed by atoms with E-state index in [1.807, 2.05) is 27.7 Å². The van der Waals surface area contributed by atoms with Crippen LogP contribution in [0, 0.1) is 5.92 Å². The lowest BCUT2D eigenvalue weighted by atomic mass is 9.87. The van der Waals surface area contributed by atoms with Gasteiger partial charge in [-0.2, -0.15) is 0 Å². The molecule has 1 N–H and O–H groups in total. The first-order valence-corrected chi connectivity index (χ1v) is 11.2. The number of anilines is 2. The minimum Gasteiger partial charge on any atom is -0.493 e. The zero-order chi connectivity index (χ0) is 22.3. The van der Waals surface area contributed by atoms with Crippen molar-refractivity contribution in [1.82, 2.24) is 0 Å². The Morgan fingerprint density at radius 3 is 2.33 bits per heavy atom. The summed E-state index contributed by atoms with van der Waals surface area (Å²) in [6, 6.07) is 9.72. The maximum atomic E-state index is 13.0. The van der Waals surface area contributed by atoms with Crippen molar-refractivity contribution in [2.75, 3.05) is 30.4 Å². The molecule has 0 radical (unpaired) electrons. The van der Waals surface area contributed by atoms with Crippen molar-refractivity contribution in [3.63, 3.8) is 0 Å². The van der Waals surface area contributed by atoms with Gasteiger partial charge in [-0.15, -0.1) is 0 Å². The number of hydrogen-bond acceptors (Lipinski definition) is 5. The zero-order valence-electron chi connectivity index (χ0n) is 18.1. The predicted octanol–water partition coefficient (Wildman–Crippen LogP) is 3.78. The molecule has 0 bridgehead atoms. The molecule has 0 aromatic heterocycles. The molecule has 1 amide bonds. The molecular weight excluding hydrogens is 404 g/mol. The van der Waals surface area contributed by atoms with Gasteiger partial charge in [0.1, 0.15) is 0 Å². The molecule has 1 aliphatic rings. The van der Waals surface area contributed by atoms with E-state index < -0.39 is 10.0 Å². The Morgan fingerprint density at radius 2 is 1.73 bits per heavy atom. The number of benzene rings is 2. The summed E-state index contributed by atoms with van der Waals surface area (Å²) in [6.45, 7) is 8.26. The molecule has 0 atom stereocenters. The molecular formula is C22H28N2O5S. The van der Waals surface area contributed by atoms with Crippen LogP contribution in [-0.2, 0) is 20.2 Å². The van der Waals surface area contributed by atoms with Crippen LogP contribution in [0.4, 0.5) is 11.4 Å². The van der Waals surface area contributed by atoms with Crippen LogP contribution in [0.1, 0.15) is 33.3 Å². The van der Waals surface area contributed by atoms with E-state index in [9.17, 15) is 13.2 Å². The van der Waals surface area contributed by atoms with Crippen molar-refractivity contribution in [2.24, 2.45) is 5.92 Å². The normalized spacial score (nSPS) is 15.1. The van der Waals surface area contributed by atoms with Gasteiger partial charge >= 0.3 is 0 Å². The molecule has 0 unspecified atom stereocenters. The van der Waals surface area contributed by atoms with Gasteiger partial charge in [-0.05, 0) is 35.9 Å². The fraction of sp³-hybridized carbons (Fsp3) is 0.409. The third kappa shape index (κ3) is 3.96. The first-order valence-electron chi connectivity index (χ1n) is 9.71. The molecule has 2 aromatic rings. The van der Waals surface area contributed by atoms with Gasteiger partial charge in [0.15, 0.2) is 11.5 Å². The molecule has 0 saturated carbocycles. The SMILES string of the molecule is COc1ccc(NS(=O)(=O)c2ccc3c(c2)C(C)(C)CN3C(=O)C(C)C)cc1OC. The van der Waals surface area contributed by atoms with Gasteiger partial charge in [0, 0.05) is 29.6 Å². The lowest BCUT2D eigenvalue weighted by molar-refractivity contribution is -0.121. The second kappa shape index (κ2) is 7.83. The summed E-state index contributed by atoms with van der Waals surface area (Å²) in [5.41, 5.74) is 1.62. The van der Waals surface area contributed by atoms with Gasteiger partial charge in [-0.25, -0.2) is 8.42 Å². The van der Waals surface area contributed by atoms with E-state index in [0.29, 0.717) is 23.7 Å². The highest BCUT2D eigenvalue weighted by atomic mass is 32.2. The van der Waals surface area contributed by atoms with Gasteiger partial charge in [-0.1, -0.05) is 27.7 Å². The van der Waals surface area contributed by atoms with E-state index in [-0.39, 0.29) is 22.1 Å². The number of fused-ring (bicyclic) bond motifs is 1. The van der Waals surface area contributed by atoms with Gasteiger partial charge in [0.05, 0.1) is 24.8 Å². The van der Waals surface area contributed by atoms with Crippen LogP contribution in [0.2, 0.25) is 0 Å². The average molecular weight is 433 g/mol. The molecule has 8 heteroatoms. The molecule has 0 aliphatic carbocycles. The summed E-state index contributed by atoms with van der Waals surface area (Å²) in [4.78, 5) is 14.5. The number of rotatable bonds is 6. The second-order valence-corrected chi connectivity index (χ2v) is 10.00. The van der Waals surface area contributed by atoms with Crippen molar-refractivity contribution in [2.45, 2.75) is 38.0 Å². The molecule has 162 valence electrons. The highest BCUT2D eigenvalue weighted by Crippen LogP contribution is 2.42. The Hall–Kier alpha value is -2.74. The van der Waals surface area contributed by atoms with E-state index in [2.05, 4.69) is 4.72 Å². The monoisotopic (exact) mass is 432 g/mol. The molecule has 1 heterocycles. The zero-order valence-corrected chi connectivity index (χ0v) is 19.0. The number of ether oxygens (including phenoxy) is 2. The van der Waals surface area contributed by atoms with E-state index in [4.69, 9.17) is 9.47 Å². The highest BCUT2D eigenvalue weighted by Gasteiger charge is 2.39. The maximum Gasteiger partial charge on any atom is 0.261 e. The van der Waals surface area contributed by atoms with Crippen molar-refractivity contribution in [3.8, 4) is 11.5 Å². The number of nitrogens with zero attached hydrogens (tertiary/aromatic N) is 1. The molecule has 1 aliphatic heterocycles. The van der Waals surface area contributed by atoms with Crippen molar-refractivity contribution < 1.29 is 22.7 Å². The lowest BCUT2D eigenvalue weighted by Crippen LogP contribution is -2.36. The Morgan fingerprint density at radius 1 is 1.07 bits per heavy atom. The molecule has 0 saturated heterocycles. The summed E-state index contributed by atoms with van der Waals surface area (Å²) < 4.78 is 39.1. The summed E-state index contributed by atoms with van der Waals surface area (Å²) in [5, 5.41) is 0. The summed E-state index contributed by atoms with van der Waals surface area (Å²) in [6.07, 6.45) is 0. The standard InChI is InChI=1S/C22H28N2O5S/c1-14(2)21(25)24-13-22(3,4)17-12-16(8-9-18(17)24)30(26,27)23-15-7-10-19(28-5)20(11-15)29-6/h7-12,14,23H,13H2,1-6H3. The third-order valence-corrected chi connectivity index (χ3v) is 6.63. The molecule has 2 aromatic carbocycles. The van der Waals surface area contributed by atoms with Crippen molar-refractivity contribution >= 4 is 27.3 Å². The second-order valence-electron chi connectivity index (χ2n) is 8.32. The van der Waals surface area contributed by atoms with Crippen LogP contribution in [-0.4, -0.2) is 35.1 Å². The maximum absolute atomic E-state index is 13.0. The van der Waals surface area contributed by atoms with Gasteiger partial charge in [0.25, 0.3) is 10.0 Å². The molecule has 0 spiro atoms. The lowest BCUT2D eigenvalue weighted by Gasteiger charge is -2.22. The molecule has 0 fully saturated rings. The minimum atomic E-state index is -3.83. The smallest absolute Gasteiger partial charge is 0.261 e.